The summed E-state index contributed by atoms with van der Waals surface area (Å²) in [5.74, 6) is 0.469. The van der Waals surface area contributed by atoms with Crippen LogP contribution in [-0.2, 0) is 19.4 Å². The van der Waals surface area contributed by atoms with Crippen LogP contribution in [0.2, 0.25) is 0 Å². The van der Waals surface area contributed by atoms with Gasteiger partial charge in [0.2, 0.25) is 0 Å². The van der Waals surface area contributed by atoms with Crippen LogP contribution in [-0.4, -0.2) is 15.9 Å². The first-order valence-corrected chi connectivity index (χ1v) is 9.45. The molecule has 3 aromatic rings. The second kappa shape index (κ2) is 9.14. The molecule has 0 fully saturated rings. The number of benzene rings is 1. The average Bonchev–Trinajstić information content (AvgIpc) is 2.66. The Balaban J connectivity index is 1.64. The lowest BCUT2D eigenvalue weighted by molar-refractivity contribution is 0.0945. The Morgan fingerprint density at radius 2 is 1.86 bits per heavy atom. The van der Waals surface area contributed by atoms with Crippen molar-refractivity contribution in [3.8, 4) is 0 Å². The number of aromatic nitrogens is 2. The summed E-state index contributed by atoms with van der Waals surface area (Å²) in [5.41, 5.74) is 1.22. The number of H-pyrrole nitrogens is 1. The van der Waals surface area contributed by atoms with Crippen molar-refractivity contribution in [2.75, 3.05) is 0 Å². The maximum Gasteiger partial charge on any atom is 0.349 e. The third-order valence-corrected chi connectivity index (χ3v) is 4.50. The van der Waals surface area contributed by atoms with Gasteiger partial charge in [0.15, 0.2) is 0 Å². The van der Waals surface area contributed by atoms with Gasteiger partial charge in [-0.3, -0.25) is 9.59 Å². The summed E-state index contributed by atoms with van der Waals surface area (Å²) in [4.78, 5) is 43.0. The van der Waals surface area contributed by atoms with Gasteiger partial charge in [0.05, 0.1) is 12.2 Å². The Kier molecular flexibility index (Phi) is 6.39. The molecule has 0 spiro atoms. The lowest BCUT2D eigenvalue weighted by Gasteiger charge is -2.08. The van der Waals surface area contributed by atoms with Crippen LogP contribution in [0.25, 0.3) is 0 Å². The van der Waals surface area contributed by atoms with E-state index < -0.39 is 11.5 Å². The second-order valence-electron chi connectivity index (χ2n) is 6.90. The molecule has 0 aliphatic rings. The molecule has 1 aromatic carbocycles. The number of aromatic amines is 1. The fourth-order valence-electron chi connectivity index (χ4n) is 3.17. The van der Waals surface area contributed by atoms with Crippen LogP contribution < -0.4 is 16.5 Å². The van der Waals surface area contributed by atoms with Crippen LogP contribution >= 0.6 is 0 Å². The molecule has 2 N–H and O–H groups in total. The molecular formula is C22H23N3O4. The molecule has 0 saturated carbocycles. The lowest BCUT2D eigenvalue weighted by Crippen LogP contribution is -2.30. The van der Waals surface area contributed by atoms with E-state index >= 15 is 0 Å². The minimum Gasteiger partial charge on any atom is -0.427 e. The Bertz CT molecular complexity index is 1120. The lowest BCUT2D eigenvalue weighted by atomic mass is 10.1. The highest BCUT2D eigenvalue weighted by molar-refractivity contribution is 5.95. The van der Waals surface area contributed by atoms with Gasteiger partial charge in [-0.1, -0.05) is 30.3 Å². The van der Waals surface area contributed by atoms with E-state index in [0.717, 1.165) is 12.8 Å². The minimum absolute atomic E-state index is 0.0293. The first kappa shape index (κ1) is 20.3. The number of aryl methyl sites for hydroxylation is 4. The van der Waals surface area contributed by atoms with E-state index in [4.69, 9.17) is 4.42 Å². The largest absolute Gasteiger partial charge is 0.427 e. The summed E-state index contributed by atoms with van der Waals surface area (Å²) in [6.45, 7) is 3.41. The molecule has 0 aliphatic heterocycles. The molecule has 150 valence electrons. The fraction of sp³-hybridized carbons (Fsp3) is 0.273. The summed E-state index contributed by atoms with van der Waals surface area (Å²) < 4.78 is 5.35. The zero-order valence-corrected chi connectivity index (χ0v) is 16.5. The summed E-state index contributed by atoms with van der Waals surface area (Å²) >= 11 is 0. The molecule has 1 amide bonds. The van der Waals surface area contributed by atoms with Gasteiger partial charge in [-0.25, -0.2) is 9.78 Å². The molecule has 0 atom stereocenters. The minimum atomic E-state index is -0.660. The highest BCUT2D eigenvalue weighted by Gasteiger charge is 2.17. The van der Waals surface area contributed by atoms with Crippen molar-refractivity contribution in [1.82, 2.24) is 15.3 Å². The molecule has 29 heavy (non-hydrogen) atoms. The van der Waals surface area contributed by atoms with Crippen molar-refractivity contribution in [1.29, 1.82) is 0 Å². The topological polar surface area (TPSA) is 105 Å². The van der Waals surface area contributed by atoms with Crippen molar-refractivity contribution >= 4 is 5.91 Å². The number of hydrogen-bond acceptors (Lipinski definition) is 5. The van der Waals surface area contributed by atoms with Gasteiger partial charge in [0.1, 0.15) is 17.1 Å². The van der Waals surface area contributed by atoms with Gasteiger partial charge in [-0.05, 0) is 43.9 Å². The molecule has 0 radical (unpaired) electrons. The first-order chi connectivity index (χ1) is 13.9. The highest BCUT2D eigenvalue weighted by Crippen LogP contribution is 2.11. The number of hydrogen-bond donors (Lipinski definition) is 2. The number of nitrogens with zero attached hydrogens (tertiary/aromatic N) is 1. The standard InChI is InChI=1S/C22H23N3O4/c1-14-11-18(10-6-9-16-7-4-3-5-8-16)29-22(28)20(14)21(27)23-13-17-12-19(26)25-15(2)24-17/h3-5,7-8,11-12H,6,9-10,13H2,1-2H3,(H,23,27)(H,24,25,26). The molecule has 2 heterocycles. The third kappa shape index (κ3) is 5.51. The van der Waals surface area contributed by atoms with E-state index in [1.54, 1.807) is 19.9 Å². The molecule has 0 saturated heterocycles. The number of nitrogens with one attached hydrogen (secondary N) is 2. The van der Waals surface area contributed by atoms with E-state index in [0.29, 0.717) is 29.3 Å². The molecule has 0 aliphatic carbocycles. The normalized spacial score (nSPS) is 10.7. The van der Waals surface area contributed by atoms with Crippen LogP contribution in [0.15, 0.2) is 56.5 Å². The van der Waals surface area contributed by atoms with E-state index in [9.17, 15) is 14.4 Å². The van der Waals surface area contributed by atoms with Crippen LogP contribution in [0.3, 0.4) is 0 Å². The zero-order valence-electron chi connectivity index (χ0n) is 16.5. The monoisotopic (exact) mass is 393 g/mol. The van der Waals surface area contributed by atoms with Crippen molar-refractivity contribution in [3.63, 3.8) is 0 Å². The van der Waals surface area contributed by atoms with Crippen LogP contribution in [0.4, 0.5) is 0 Å². The molecule has 7 nitrogen and oxygen atoms in total. The van der Waals surface area contributed by atoms with Crippen LogP contribution in [0.5, 0.6) is 0 Å². The van der Waals surface area contributed by atoms with Gasteiger partial charge in [0.25, 0.3) is 11.5 Å². The summed E-state index contributed by atoms with van der Waals surface area (Å²) in [7, 11) is 0. The average molecular weight is 393 g/mol. The predicted molar refractivity (Wildman–Crippen MR) is 109 cm³/mol. The van der Waals surface area contributed by atoms with Crippen molar-refractivity contribution < 1.29 is 9.21 Å². The van der Waals surface area contributed by atoms with Crippen molar-refractivity contribution in [3.05, 3.63) is 97.2 Å². The Labute approximate surface area is 167 Å². The number of rotatable bonds is 7. The first-order valence-electron chi connectivity index (χ1n) is 9.45. The quantitative estimate of drug-likeness (QED) is 0.641. The third-order valence-electron chi connectivity index (χ3n) is 4.50. The van der Waals surface area contributed by atoms with Gasteiger partial charge < -0.3 is 14.7 Å². The van der Waals surface area contributed by atoms with E-state index in [2.05, 4.69) is 27.4 Å². The molecule has 2 aromatic heterocycles. The summed E-state index contributed by atoms with van der Waals surface area (Å²) in [6.07, 6.45) is 2.34. The van der Waals surface area contributed by atoms with E-state index in [1.165, 1.54) is 11.6 Å². The molecular weight excluding hydrogens is 370 g/mol. The van der Waals surface area contributed by atoms with E-state index in [-0.39, 0.29) is 17.7 Å². The van der Waals surface area contributed by atoms with E-state index in [1.807, 2.05) is 18.2 Å². The van der Waals surface area contributed by atoms with Gasteiger partial charge >= 0.3 is 5.63 Å². The van der Waals surface area contributed by atoms with Gasteiger partial charge in [-0.2, -0.15) is 0 Å². The maximum atomic E-state index is 12.5. The second-order valence-corrected chi connectivity index (χ2v) is 6.90. The fourth-order valence-corrected chi connectivity index (χ4v) is 3.17. The zero-order chi connectivity index (χ0) is 20.8. The van der Waals surface area contributed by atoms with Gasteiger partial charge in [0, 0.05) is 12.5 Å². The smallest absolute Gasteiger partial charge is 0.349 e. The summed E-state index contributed by atoms with van der Waals surface area (Å²) in [6, 6.07) is 13.1. The maximum absolute atomic E-state index is 12.5. The SMILES string of the molecule is Cc1nc(CNC(=O)c2c(C)cc(CCCc3ccccc3)oc2=O)cc(=O)[nH]1. The highest BCUT2D eigenvalue weighted by atomic mass is 16.4. The summed E-state index contributed by atoms with van der Waals surface area (Å²) in [5, 5.41) is 2.62. The molecule has 0 bridgehead atoms. The number of carbonyl (C=O) groups is 1. The number of carbonyl (C=O) groups excluding carboxylic acids is 1. The molecule has 7 heteroatoms. The van der Waals surface area contributed by atoms with Gasteiger partial charge in [-0.15, -0.1) is 0 Å². The molecule has 0 unspecified atom stereocenters. The molecule has 3 rings (SSSR count). The Morgan fingerprint density at radius 3 is 2.55 bits per heavy atom. The van der Waals surface area contributed by atoms with Crippen molar-refractivity contribution in [2.45, 2.75) is 39.7 Å². The van der Waals surface area contributed by atoms with Crippen LogP contribution in [0, 0.1) is 13.8 Å². The Hall–Kier alpha value is -3.48. The predicted octanol–water partition coefficient (Wildman–Crippen LogP) is 2.45. The number of amides is 1. The van der Waals surface area contributed by atoms with Crippen molar-refractivity contribution in [2.24, 2.45) is 0 Å². The Morgan fingerprint density at radius 1 is 1.10 bits per heavy atom. The van der Waals surface area contributed by atoms with Crippen LogP contribution in [0.1, 0.15) is 45.2 Å².